The number of hydrogen-bond acceptors (Lipinski definition) is 2. The number of rotatable bonds is 1. The second-order valence-electron chi connectivity index (χ2n) is 5.15. The van der Waals surface area contributed by atoms with Crippen LogP contribution in [0.3, 0.4) is 0 Å². The van der Waals surface area contributed by atoms with E-state index in [-0.39, 0.29) is 0 Å². The van der Waals surface area contributed by atoms with Crippen molar-refractivity contribution in [2.45, 2.75) is 33.6 Å². The summed E-state index contributed by atoms with van der Waals surface area (Å²) in [6.45, 7) is 10.6. The van der Waals surface area contributed by atoms with Crippen LogP contribution in [0, 0.1) is 5.92 Å². The van der Waals surface area contributed by atoms with Crippen molar-refractivity contribution in [3.8, 4) is 0 Å². The lowest BCUT2D eigenvalue weighted by molar-refractivity contribution is 0.0537. The highest BCUT2D eigenvalue weighted by Gasteiger charge is 2.22. The van der Waals surface area contributed by atoms with Gasteiger partial charge in [0.25, 0.3) is 0 Å². The normalized spacial score (nSPS) is 26.7. The topological polar surface area (TPSA) is 12.5 Å². The van der Waals surface area contributed by atoms with E-state index in [1.807, 2.05) is 0 Å². The molecule has 0 N–H and O–H groups in total. The summed E-state index contributed by atoms with van der Waals surface area (Å²) in [5.41, 5.74) is 4.53. The Labute approximate surface area is 99.0 Å². The lowest BCUT2D eigenvalue weighted by Crippen LogP contribution is -2.37. The first-order valence-corrected chi connectivity index (χ1v) is 6.39. The van der Waals surface area contributed by atoms with Gasteiger partial charge in [-0.25, -0.2) is 0 Å². The second kappa shape index (κ2) is 5.05. The Morgan fingerprint density at radius 3 is 2.62 bits per heavy atom. The zero-order chi connectivity index (χ0) is 11.5. The van der Waals surface area contributed by atoms with Gasteiger partial charge in [0.05, 0.1) is 13.2 Å². The summed E-state index contributed by atoms with van der Waals surface area (Å²) in [5.74, 6) is 0.723. The monoisotopic (exact) mass is 221 g/mol. The number of morpholine rings is 1. The van der Waals surface area contributed by atoms with E-state index < -0.39 is 0 Å². The van der Waals surface area contributed by atoms with Crippen LogP contribution in [0.25, 0.3) is 0 Å². The van der Waals surface area contributed by atoms with Gasteiger partial charge in [-0.05, 0) is 38.2 Å². The predicted octanol–water partition coefficient (Wildman–Crippen LogP) is 2.97. The fourth-order valence-electron chi connectivity index (χ4n) is 2.56. The third-order valence-corrected chi connectivity index (χ3v) is 3.56. The first kappa shape index (κ1) is 11.7. The predicted molar refractivity (Wildman–Crippen MR) is 67.2 cm³/mol. The summed E-state index contributed by atoms with van der Waals surface area (Å²) in [5, 5.41) is 0. The van der Waals surface area contributed by atoms with Crippen LogP contribution in [0.15, 0.2) is 22.9 Å². The van der Waals surface area contributed by atoms with Crippen LogP contribution < -0.4 is 0 Å². The first-order valence-electron chi connectivity index (χ1n) is 6.39. The molecule has 0 radical (unpaired) electrons. The zero-order valence-corrected chi connectivity index (χ0v) is 10.8. The summed E-state index contributed by atoms with van der Waals surface area (Å²) in [7, 11) is 0. The summed E-state index contributed by atoms with van der Waals surface area (Å²) in [6.07, 6.45) is 5.00. The number of ether oxygens (including phenoxy) is 1. The van der Waals surface area contributed by atoms with E-state index in [0.717, 1.165) is 32.2 Å². The largest absolute Gasteiger partial charge is 0.378 e. The van der Waals surface area contributed by atoms with Gasteiger partial charge < -0.3 is 9.64 Å². The average molecular weight is 221 g/mol. The molecular formula is C14H23NO. The van der Waals surface area contributed by atoms with E-state index in [2.05, 4.69) is 31.7 Å². The van der Waals surface area contributed by atoms with Gasteiger partial charge in [-0.15, -0.1) is 0 Å². The van der Waals surface area contributed by atoms with Crippen molar-refractivity contribution in [2.75, 3.05) is 26.3 Å². The third kappa shape index (κ3) is 2.49. The Morgan fingerprint density at radius 1 is 1.31 bits per heavy atom. The van der Waals surface area contributed by atoms with Gasteiger partial charge in [-0.2, -0.15) is 0 Å². The van der Waals surface area contributed by atoms with Crippen LogP contribution in [-0.2, 0) is 4.74 Å². The van der Waals surface area contributed by atoms with Gasteiger partial charge in [0, 0.05) is 18.8 Å². The van der Waals surface area contributed by atoms with Crippen LogP contribution in [0.4, 0.5) is 0 Å². The third-order valence-electron chi connectivity index (χ3n) is 3.56. The highest BCUT2D eigenvalue weighted by Crippen LogP contribution is 2.32. The molecule has 2 nitrogen and oxygen atoms in total. The molecule has 2 heteroatoms. The summed E-state index contributed by atoms with van der Waals surface area (Å²) < 4.78 is 5.43. The van der Waals surface area contributed by atoms with E-state index in [0.29, 0.717) is 0 Å². The lowest BCUT2D eigenvalue weighted by atomic mass is 9.88. The summed E-state index contributed by atoms with van der Waals surface area (Å²) >= 11 is 0. The van der Waals surface area contributed by atoms with E-state index in [1.165, 1.54) is 24.1 Å². The molecule has 16 heavy (non-hydrogen) atoms. The Morgan fingerprint density at radius 2 is 2.00 bits per heavy atom. The van der Waals surface area contributed by atoms with Crippen molar-refractivity contribution >= 4 is 0 Å². The fourth-order valence-corrected chi connectivity index (χ4v) is 2.56. The highest BCUT2D eigenvalue weighted by molar-refractivity contribution is 5.36. The number of hydrogen-bond donors (Lipinski definition) is 0. The average Bonchev–Trinajstić information content (AvgIpc) is 2.29. The Balaban J connectivity index is 2.23. The van der Waals surface area contributed by atoms with E-state index in [1.54, 1.807) is 5.57 Å². The summed E-state index contributed by atoms with van der Waals surface area (Å²) in [4.78, 5) is 2.50. The molecule has 0 aromatic carbocycles. The molecule has 0 spiro atoms. The van der Waals surface area contributed by atoms with Crippen LogP contribution in [0.5, 0.6) is 0 Å². The Hall–Kier alpha value is -0.760. The van der Waals surface area contributed by atoms with Crippen LogP contribution in [-0.4, -0.2) is 31.2 Å². The first-order chi connectivity index (χ1) is 7.68. The Kier molecular flexibility index (Phi) is 3.70. The minimum Gasteiger partial charge on any atom is -0.378 e. The molecule has 2 rings (SSSR count). The smallest absolute Gasteiger partial charge is 0.0642 e. The van der Waals surface area contributed by atoms with E-state index >= 15 is 0 Å². The van der Waals surface area contributed by atoms with Crippen molar-refractivity contribution in [3.63, 3.8) is 0 Å². The van der Waals surface area contributed by atoms with Gasteiger partial charge >= 0.3 is 0 Å². The maximum atomic E-state index is 5.43. The molecule has 0 bridgehead atoms. The van der Waals surface area contributed by atoms with Gasteiger partial charge in [0.2, 0.25) is 0 Å². The maximum Gasteiger partial charge on any atom is 0.0642 e. The number of allylic oxidation sites excluding steroid dienone is 3. The molecule has 1 atom stereocenters. The minimum atomic E-state index is 0.723. The SMILES string of the molecule is CC(C)=C1CC[C@@H](C)C=C1N1CCOCC1. The molecule has 1 saturated heterocycles. The molecule has 0 aromatic rings. The lowest BCUT2D eigenvalue weighted by Gasteiger charge is -2.35. The van der Waals surface area contributed by atoms with Gasteiger partial charge in [-0.3, -0.25) is 0 Å². The molecule has 0 amide bonds. The fraction of sp³-hybridized carbons (Fsp3) is 0.714. The molecular weight excluding hydrogens is 198 g/mol. The maximum absolute atomic E-state index is 5.43. The van der Waals surface area contributed by atoms with Crippen molar-refractivity contribution in [3.05, 3.63) is 22.9 Å². The van der Waals surface area contributed by atoms with Crippen LogP contribution in [0.2, 0.25) is 0 Å². The molecule has 0 saturated carbocycles. The van der Waals surface area contributed by atoms with Crippen molar-refractivity contribution in [2.24, 2.45) is 5.92 Å². The summed E-state index contributed by atoms with van der Waals surface area (Å²) in [6, 6.07) is 0. The standard InChI is InChI=1S/C14H23NO/c1-11(2)13-5-4-12(3)10-14(13)15-6-8-16-9-7-15/h10,12H,4-9H2,1-3H3/t12-/m1/s1. The van der Waals surface area contributed by atoms with Crippen molar-refractivity contribution in [1.82, 2.24) is 4.90 Å². The molecule has 0 aromatic heterocycles. The van der Waals surface area contributed by atoms with Crippen molar-refractivity contribution in [1.29, 1.82) is 0 Å². The Bertz CT molecular complexity index is 307. The number of nitrogens with zero attached hydrogens (tertiary/aromatic N) is 1. The zero-order valence-electron chi connectivity index (χ0n) is 10.8. The van der Waals surface area contributed by atoms with Crippen LogP contribution >= 0.6 is 0 Å². The quantitative estimate of drug-likeness (QED) is 0.675. The molecule has 1 aliphatic carbocycles. The van der Waals surface area contributed by atoms with Gasteiger partial charge in [0.1, 0.15) is 0 Å². The molecule has 0 unspecified atom stereocenters. The molecule has 1 heterocycles. The van der Waals surface area contributed by atoms with Crippen molar-refractivity contribution < 1.29 is 4.74 Å². The van der Waals surface area contributed by atoms with Gasteiger partial charge in [-0.1, -0.05) is 18.6 Å². The second-order valence-corrected chi connectivity index (χ2v) is 5.15. The molecule has 90 valence electrons. The molecule has 1 fully saturated rings. The minimum absolute atomic E-state index is 0.723. The molecule has 1 aliphatic heterocycles. The molecule has 2 aliphatic rings. The van der Waals surface area contributed by atoms with E-state index in [9.17, 15) is 0 Å². The van der Waals surface area contributed by atoms with Gasteiger partial charge in [0.15, 0.2) is 0 Å². The highest BCUT2D eigenvalue weighted by atomic mass is 16.5. The van der Waals surface area contributed by atoms with Crippen LogP contribution in [0.1, 0.15) is 33.6 Å². The van der Waals surface area contributed by atoms with E-state index in [4.69, 9.17) is 4.74 Å².